The maximum atomic E-state index is 14.8. The van der Waals surface area contributed by atoms with E-state index < -0.39 is 11.3 Å². The molecule has 0 bridgehead atoms. The van der Waals surface area contributed by atoms with Crippen LogP contribution in [0.1, 0.15) is 105 Å². The molecule has 2 saturated carbocycles. The molecule has 0 radical (unpaired) electrons. The summed E-state index contributed by atoms with van der Waals surface area (Å²) in [6, 6.07) is 12.8. The van der Waals surface area contributed by atoms with E-state index in [1.54, 1.807) is 7.11 Å². The van der Waals surface area contributed by atoms with Crippen LogP contribution in [0.25, 0.3) is 22.2 Å². The van der Waals surface area contributed by atoms with E-state index in [4.69, 9.17) is 10.5 Å². The van der Waals surface area contributed by atoms with E-state index in [0.29, 0.717) is 23.3 Å². The summed E-state index contributed by atoms with van der Waals surface area (Å²) in [5, 5.41) is 5.05. The fourth-order valence-corrected chi connectivity index (χ4v) is 8.56. The summed E-state index contributed by atoms with van der Waals surface area (Å²) in [7, 11) is 3.69. The number of nitrogens with zero attached hydrogens (tertiary/aromatic N) is 2. The van der Waals surface area contributed by atoms with Crippen molar-refractivity contribution in [3.63, 3.8) is 0 Å². The van der Waals surface area contributed by atoms with Crippen LogP contribution in [0.5, 0.6) is 5.75 Å². The molecule has 2 aliphatic carbocycles. The highest BCUT2D eigenvalue weighted by atomic mass is 32.1. The monoisotopic (exact) mass is 630 g/mol. The van der Waals surface area contributed by atoms with Gasteiger partial charge in [-0.25, -0.2) is 0 Å². The highest BCUT2D eigenvalue weighted by Gasteiger charge is 2.65. The van der Waals surface area contributed by atoms with Crippen molar-refractivity contribution < 1.29 is 14.3 Å². The fourth-order valence-electron chi connectivity index (χ4n) is 8.56. The van der Waals surface area contributed by atoms with Gasteiger partial charge >= 0.3 is 0 Å². The average Bonchev–Trinajstić information content (AvgIpc) is 3.55. The number of likely N-dealkylation sites (tertiary alicyclic amines) is 1. The number of nitrogens with one attached hydrogen (secondary N) is 1. The Balaban J connectivity index is 0.000000845. The summed E-state index contributed by atoms with van der Waals surface area (Å²) in [5.74, 6) is 1.28. The smallest absolute Gasteiger partial charge is 0.248 e. The Hall–Kier alpha value is -2.97. The summed E-state index contributed by atoms with van der Waals surface area (Å²) in [6.45, 7) is 7.69. The minimum atomic E-state index is -0.518. The highest BCUT2D eigenvalue weighted by molar-refractivity contribution is 7.80. The Bertz CT molecular complexity index is 1590. The van der Waals surface area contributed by atoms with Gasteiger partial charge in [-0.2, -0.15) is 12.6 Å². The first kappa shape index (κ1) is 32.0. The number of carbonyl (C=O) groups is 2. The van der Waals surface area contributed by atoms with Gasteiger partial charge < -0.3 is 25.3 Å². The Labute approximate surface area is 273 Å². The number of carbonyl (C=O) groups excluding carboxylic acids is 2. The van der Waals surface area contributed by atoms with Gasteiger partial charge in [0, 0.05) is 53.1 Å². The zero-order chi connectivity index (χ0) is 32.0. The molecule has 2 aromatic carbocycles. The Kier molecular flexibility index (Phi) is 9.01. The van der Waals surface area contributed by atoms with E-state index in [0.717, 1.165) is 37.1 Å². The number of primary amides is 1. The number of fused-ring (bicyclic) bond motifs is 7. The molecular weight excluding hydrogens is 580 g/mol. The largest absolute Gasteiger partial charge is 0.497 e. The molecule has 0 spiro atoms. The maximum Gasteiger partial charge on any atom is 0.248 e. The van der Waals surface area contributed by atoms with Crippen molar-refractivity contribution in [2.75, 3.05) is 20.7 Å². The van der Waals surface area contributed by atoms with E-state index in [9.17, 15) is 9.59 Å². The minimum absolute atomic E-state index is 0.136. The van der Waals surface area contributed by atoms with Gasteiger partial charge in [0.15, 0.2) is 0 Å². The number of likely N-dealkylation sites (N-methyl/N-ethyl adjacent to an activating group) is 1. The van der Waals surface area contributed by atoms with Gasteiger partial charge in [0.2, 0.25) is 11.8 Å². The number of benzene rings is 2. The van der Waals surface area contributed by atoms with Crippen LogP contribution in [0.3, 0.4) is 0 Å². The van der Waals surface area contributed by atoms with Crippen molar-refractivity contribution in [2.45, 2.75) is 108 Å². The number of amides is 2. The molecule has 2 aliphatic heterocycles. The molecule has 2 amide bonds. The van der Waals surface area contributed by atoms with E-state index in [2.05, 4.69) is 58.6 Å². The third-order valence-electron chi connectivity index (χ3n) is 10.7. The van der Waals surface area contributed by atoms with Crippen molar-refractivity contribution >= 4 is 35.3 Å². The Morgan fingerprint density at radius 1 is 1.09 bits per heavy atom. The summed E-state index contributed by atoms with van der Waals surface area (Å²) in [4.78, 5) is 29.3. The predicted molar refractivity (Wildman–Crippen MR) is 185 cm³/mol. The number of ether oxygens (including phenoxy) is 1. The molecule has 4 unspecified atom stereocenters. The van der Waals surface area contributed by atoms with Crippen molar-refractivity contribution in [3.05, 3.63) is 53.1 Å². The lowest BCUT2D eigenvalue weighted by Gasteiger charge is -2.33. The first-order chi connectivity index (χ1) is 21.6. The van der Waals surface area contributed by atoms with E-state index in [1.165, 1.54) is 59.9 Å². The lowest BCUT2D eigenvalue weighted by molar-refractivity contribution is -0.140. The van der Waals surface area contributed by atoms with Gasteiger partial charge in [-0.15, -0.1) is 0 Å². The molecule has 3 N–H and O–H groups in total. The third kappa shape index (κ3) is 5.67. The summed E-state index contributed by atoms with van der Waals surface area (Å²) >= 11 is 3.97. The molecule has 3 aromatic rings. The SMILES string of the molecule is CC(C)S.CNCC1CCC(C)N1C(=O)C12CC1c1cc(OC)ccc1-c1c(C3CCCCC3)c3ccc(C(N)=O)cc3n1C2. The second-order valence-electron chi connectivity index (χ2n) is 14.1. The van der Waals surface area contributed by atoms with Crippen LogP contribution in [0.15, 0.2) is 36.4 Å². The predicted octanol–water partition coefficient (Wildman–Crippen LogP) is 6.87. The maximum absolute atomic E-state index is 14.8. The van der Waals surface area contributed by atoms with Crippen molar-refractivity contribution in [3.8, 4) is 17.0 Å². The zero-order valence-corrected chi connectivity index (χ0v) is 28.5. The first-order valence-electron chi connectivity index (χ1n) is 16.9. The molecule has 7 rings (SSSR count). The lowest BCUT2D eigenvalue weighted by atomic mass is 9.81. The Morgan fingerprint density at radius 3 is 2.49 bits per heavy atom. The number of thiol groups is 1. The lowest BCUT2D eigenvalue weighted by Crippen LogP contribution is -2.48. The molecule has 8 heteroatoms. The molecule has 3 heterocycles. The van der Waals surface area contributed by atoms with Gasteiger partial charge in [-0.05, 0) is 98.7 Å². The van der Waals surface area contributed by atoms with Crippen molar-refractivity contribution in [2.24, 2.45) is 11.1 Å². The van der Waals surface area contributed by atoms with Crippen molar-refractivity contribution in [1.29, 1.82) is 0 Å². The zero-order valence-electron chi connectivity index (χ0n) is 27.6. The van der Waals surface area contributed by atoms with Crippen LogP contribution in [-0.4, -0.2) is 59.3 Å². The second kappa shape index (κ2) is 12.7. The molecule has 242 valence electrons. The van der Waals surface area contributed by atoms with Crippen LogP contribution < -0.4 is 15.8 Å². The molecule has 4 atom stereocenters. The summed E-state index contributed by atoms with van der Waals surface area (Å²) in [5.41, 5.74) is 11.9. The molecule has 45 heavy (non-hydrogen) atoms. The first-order valence-corrected chi connectivity index (χ1v) is 17.4. The highest BCUT2D eigenvalue weighted by Crippen LogP contribution is 2.66. The van der Waals surface area contributed by atoms with Crippen LogP contribution in [-0.2, 0) is 11.3 Å². The number of methoxy groups -OCH3 is 1. The van der Waals surface area contributed by atoms with Gasteiger partial charge in [-0.1, -0.05) is 39.2 Å². The Morgan fingerprint density at radius 2 is 1.82 bits per heavy atom. The van der Waals surface area contributed by atoms with Gasteiger partial charge in [0.25, 0.3) is 0 Å². The fraction of sp³-hybridized carbons (Fsp3) is 0.568. The molecule has 4 aliphatic rings. The van der Waals surface area contributed by atoms with Gasteiger partial charge in [-0.3, -0.25) is 9.59 Å². The molecule has 7 nitrogen and oxygen atoms in total. The van der Waals surface area contributed by atoms with E-state index >= 15 is 0 Å². The standard InChI is InChI=1S/C34H42N4O3.C3H8S/c1-20-9-11-23(18-36-2)38(20)33(40)34-17-28(34)27-16-24(41-3)12-14-25(27)31-30(21-7-5-4-6-8-21)26-13-10-22(32(35)39)15-29(26)37(31)19-34;1-3(2)4/h10,12-16,20-21,23,28,36H,4-9,11,17-19H2,1-3H3,(H2,35,39);3-4H,1-2H3. The number of hydrogen-bond acceptors (Lipinski definition) is 5. The average molecular weight is 631 g/mol. The normalized spacial score (nSPS) is 25.6. The van der Waals surface area contributed by atoms with Crippen LogP contribution in [0, 0.1) is 5.41 Å². The quantitative estimate of drug-likeness (QED) is 0.259. The molecule has 1 saturated heterocycles. The summed E-state index contributed by atoms with van der Waals surface area (Å²) < 4.78 is 8.12. The molecular formula is C37H50N4O3S. The topological polar surface area (TPSA) is 89.6 Å². The number of aromatic nitrogens is 1. The van der Waals surface area contributed by atoms with Gasteiger partial charge in [0.05, 0.1) is 18.2 Å². The van der Waals surface area contributed by atoms with Crippen LogP contribution in [0.4, 0.5) is 0 Å². The second-order valence-corrected chi connectivity index (χ2v) is 15.1. The third-order valence-corrected chi connectivity index (χ3v) is 10.7. The number of hydrogen-bond donors (Lipinski definition) is 3. The van der Waals surface area contributed by atoms with Gasteiger partial charge in [0.1, 0.15) is 5.75 Å². The minimum Gasteiger partial charge on any atom is -0.497 e. The van der Waals surface area contributed by atoms with Crippen molar-refractivity contribution in [1.82, 2.24) is 14.8 Å². The summed E-state index contributed by atoms with van der Waals surface area (Å²) in [6.07, 6.45) is 8.98. The molecule has 1 aromatic heterocycles. The van der Waals surface area contributed by atoms with Crippen LogP contribution >= 0.6 is 12.6 Å². The molecule has 3 fully saturated rings. The van der Waals surface area contributed by atoms with E-state index in [-0.39, 0.29) is 23.9 Å². The number of nitrogens with two attached hydrogens (primary N) is 1. The van der Waals surface area contributed by atoms with E-state index in [1.807, 2.05) is 33.0 Å². The van der Waals surface area contributed by atoms with Crippen LogP contribution in [0.2, 0.25) is 0 Å². The number of rotatable bonds is 6.